The lowest BCUT2D eigenvalue weighted by molar-refractivity contribution is -0.143. The Bertz CT molecular complexity index is 1500. The van der Waals surface area contributed by atoms with E-state index in [0.29, 0.717) is 24.9 Å². The first kappa shape index (κ1) is 35.9. The molecule has 1 aromatic carbocycles. The maximum atomic E-state index is 13.8. The van der Waals surface area contributed by atoms with E-state index in [1.54, 1.807) is 6.92 Å². The van der Waals surface area contributed by atoms with Crippen LogP contribution < -0.4 is 10.2 Å². The lowest BCUT2D eigenvalue weighted by Crippen LogP contribution is -2.31. The molecule has 18 heteroatoms. The van der Waals surface area contributed by atoms with E-state index in [2.05, 4.69) is 25.7 Å². The smallest absolute Gasteiger partial charge is 0.417 e. The highest BCUT2D eigenvalue weighted by Gasteiger charge is 2.37. The average molecular weight is 682 g/mol. The molecule has 0 spiro atoms. The van der Waals surface area contributed by atoms with E-state index in [1.165, 1.54) is 7.05 Å². The van der Waals surface area contributed by atoms with Crippen LogP contribution in [0.3, 0.4) is 0 Å². The van der Waals surface area contributed by atoms with Gasteiger partial charge in [-0.15, -0.1) is 5.10 Å². The van der Waals surface area contributed by atoms with Crippen molar-refractivity contribution in [3.8, 4) is 0 Å². The number of halogens is 9. The van der Waals surface area contributed by atoms with Crippen LogP contribution in [0.2, 0.25) is 0 Å². The second-order valence-corrected chi connectivity index (χ2v) is 11.7. The number of aryl methyl sites for hydroxylation is 1. The Morgan fingerprint density at radius 1 is 0.915 bits per heavy atom. The molecule has 0 saturated heterocycles. The molecule has 1 saturated carbocycles. The standard InChI is InChI=1S/C29H32F9N7O2/c1-16(39-12-18-5-3-17(4-6-18)9-24(46)47)25-20(10-23(13-40-25)29(36,37)38)15-45(26-41-43-44(2)42-26)14-19-7-21(27(30,31)32)11-22(8-19)28(33,34)35/h7-8,10-11,13,16-18,39H,3-6,9,12,14-15H2,1-2H3,(H,46,47). The summed E-state index contributed by atoms with van der Waals surface area (Å²) in [5.41, 5.74) is -4.49. The molecule has 47 heavy (non-hydrogen) atoms. The van der Waals surface area contributed by atoms with E-state index < -0.39 is 65.9 Å². The minimum atomic E-state index is -5.11. The summed E-state index contributed by atoms with van der Waals surface area (Å²) in [5, 5.41) is 23.8. The first-order valence-electron chi connectivity index (χ1n) is 14.6. The molecule has 9 nitrogen and oxygen atoms in total. The maximum Gasteiger partial charge on any atom is 0.417 e. The molecule has 0 bridgehead atoms. The SMILES string of the molecule is CC(NCC1CCC(CC(=O)O)CC1)c1ncc(C(F)(F)F)cc1CN(Cc1cc(C(F)(F)F)cc(C(F)(F)F)c1)c1nnn(C)n1. The molecule has 0 aliphatic heterocycles. The van der Waals surface area contributed by atoms with Crippen molar-refractivity contribution < 1.29 is 49.4 Å². The Balaban J connectivity index is 1.64. The molecular formula is C29H32F9N7O2. The van der Waals surface area contributed by atoms with E-state index in [-0.39, 0.29) is 41.5 Å². The van der Waals surface area contributed by atoms with Crippen molar-refractivity contribution in [2.45, 2.75) is 76.7 Å². The lowest BCUT2D eigenvalue weighted by atomic mass is 9.80. The fourth-order valence-electron chi connectivity index (χ4n) is 5.65. The molecule has 0 amide bonds. The van der Waals surface area contributed by atoms with Crippen LogP contribution in [0.5, 0.6) is 0 Å². The van der Waals surface area contributed by atoms with Crippen molar-refractivity contribution >= 4 is 11.9 Å². The number of pyridine rings is 1. The molecule has 0 radical (unpaired) electrons. The van der Waals surface area contributed by atoms with Gasteiger partial charge in [0.1, 0.15) is 0 Å². The number of hydrogen-bond donors (Lipinski definition) is 2. The summed E-state index contributed by atoms with van der Waals surface area (Å²) < 4.78 is 123. The maximum absolute atomic E-state index is 13.8. The molecule has 1 unspecified atom stereocenters. The fourth-order valence-corrected chi connectivity index (χ4v) is 5.65. The Kier molecular flexibility index (Phi) is 10.7. The quantitative estimate of drug-likeness (QED) is 0.213. The number of rotatable bonds is 11. The normalized spacial score (nSPS) is 18.3. The minimum Gasteiger partial charge on any atom is -0.481 e. The van der Waals surface area contributed by atoms with Gasteiger partial charge in [-0.3, -0.25) is 9.78 Å². The number of benzene rings is 1. The highest BCUT2D eigenvalue weighted by atomic mass is 19.4. The van der Waals surface area contributed by atoms with Crippen LogP contribution in [-0.2, 0) is 43.5 Å². The number of nitrogens with one attached hydrogen (secondary N) is 1. The third kappa shape index (κ3) is 9.77. The molecule has 1 fully saturated rings. The number of hydrogen-bond acceptors (Lipinski definition) is 7. The van der Waals surface area contributed by atoms with Gasteiger partial charge in [-0.25, -0.2) is 0 Å². The monoisotopic (exact) mass is 681 g/mol. The molecular weight excluding hydrogens is 649 g/mol. The molecule has 4 rings (SSSR count). The van der Waals surface area contributed by atoms with Crippen molar-refractivity contribution in [3.05, 3.63) is 64.0 Å². The zero-order chi connectivity index (χ0) is 34.7. The zero-order valence-corrected chi connectivity index (χ0v) is 25.2. The summed E-state index contributed by atoms with van der Waals surface area (Å²) in [7, 11) is 1.36. The van der Waals surface area contributed by atoms with E-state index in [1.807, 2.05) is 0 Å². The van der Waals surface area contributed by atoms with Gasteiger partial charge in [-0.05, 0) is 91.6 Å². The van der Waals surface area contributed by atoms with Crippen LogP contribution in [0.4, 0.5) is 45.5 Å². The number of nitrogens with zero attached hydrogens (tertiary/aromatic N) is 6. The van der Waals surface area contributed by atoms with Gasteiger partial charge < -0.3 is 15.3 Å². The number of anilines is 1. The molecule has 258 valence electrons. The first-order valence-corrected chi connectivity index (χ1v) is 14.6. The highest BCUT2D eigenvalue weighted by Crippen LogP contribution is 2.38. The van der Waals surface area contributed by atoms with Crippen LogP contribution in [-0.4, -0.2) is 42.8 Å². The second-order valence-electron chi connectivity index (χ2n) is 11.7. The second kappa shape index (κ2) is 14.0. The van der Waals surface area contributed by atoms with Gasteiger partial charge in [0, 0.05) is 31.7 Å². The van der Waals surface area contributed by atoms with Crippen LogP contribution in [0.15, 0.2) is 30.5 Å². The predicted molar refractivity (Wildman–Crippen MR) is 148 cm³/mol. The molecule has 2 heterocycles. The highest BCUT2D eigenvalue weighted by molar-refractivity contribution is 5.67. The number of aromatic nitrogens is 5. The van der Waals surface area contributed by atoms with Crippen molar-refractivity contribution in [2.24, 2.45) is 18.9 Å². The van der Waals surface area contributed by atoms with Gasteiger partial charge in [-0.2, -0.15) is 44.3 Å². The van der Waals surface area contributed by atoms with Crippen LogP contribution in [0, 0.1) is 11.8 Å². The number of carboxylic acid groups (broad SMARTS) is 1. The van der Waals surface area contributed by atoms with Crippen molar-refractivity contribution in [3.63, 3.8) is 0 Å². The molecule has 1 aliphatic rings. The van der Waals surface area contributed by atoms with Crippen molar-refractivity contribution in [1.82, 2.24) is 30.5 Å². The number of alkyl halides is 9. The summed E-state index contributed by atoms with van der Waals surface area (Å²) in [5.74, 6) is -0.847. The number of tetrazole rings is 1. The number of aliphatic carboxylic acids is 1. The first-order chi connectivity index (χ1) is 21.8. The number of carboxylic acids is 1. The summed E-state index contributed by atoms with van der Waals surface area (Å²) in [6.45, 7) is 1.02. The topological polar surface area (TPSA) is 109 Å². The third-order valence-electron chi connectivity index (χ3n) is 8.04. The van der Waals surface area contributed by atoms with Gasteiger partial charge in [0.05, 0.1) is 29.4 Å². The number of carbonyl (C=O) groups is 1. The Morgan fingerprint density at radius 3 is 2.00 bits per heavy atom. The molecule has 2 aromatic heterocycles. The largest absolute Gasteiger partial charge is 0.481 e. The van der Waals surface area contributed by atoms with E-state index in [0.717, 1.165) is 41.4 Å². The van der Waals surface area contributed by atoms with Gasteiger partial charge in [0.25, 0.3) is 5.95 Å². The zero-order valence-electron chi connectivity index (χ0n) is 25.2. The van der Waals surface area contributed by atoms with Gasteiger partial charge in [-0.1, -0.05) is 5.10 Å². The third-order valence-corrected chi connectivity index (χ3v) is 8.04. The van der Waals surface area contributed by atoms with Crippen molar-refractivity contribution in [2.75, 3.05) is 11.4 Å². The Labute approximate surface area is 263 Å². The van der Waals surface area contributed by atoms with E-state index >= 15 is 0 Å². The average Bonchev–Trinajstić information content (AvgIpc) is 3.40. The molecule has 1 atom stereocenters. The van der Waals surface area contributed by atoms with Gasteiger partial charge >= 0.3 is 24.5 Å². The van der Waals surface area contributed by atoms with E-state index in [9.17, 15) is 44.3 Å². The predicted octanol–water partition coefficient (Wildman–Crippen LogP) is 6.80. The van der Waals surface area contributed by atoms with Crippen LogP contribution in [0.25, 0.3) is 0 Å². The lowest BCUT2D eigenvalue weighted by Gasteiger charge is -2.29. The molecule has 2 N–H and O–H groups in total. The minimum absolute atomic E-state index is 0.0135. The van der Waals surface area contributed by atoms with Gasteiger partial charge in [0.15, 0.2) is 0 Å². The van der Waals surface area contributed by atoms with Crippen LogP contribution >= 0.6 is 0 Å². The summed E-state index contributed by atoms with van der Waals surface area (Å²) in [4.78, 5) is 17.2. The Morgan fingerprint density at radius 2 is 1.49 bits per heavy atom. The molecule has 3 aromatic rings. The van der Waals surface area contributed by atoms with Crippen LogP contribution in [0.1, 0.15) is 78.6 Å². The summed E-state index contributed by atoms with van der Waals surface area (Å²) in [6, 6.07) is 1.24. The summed E-state index contributed by atoms with van der Waals surface area (Å²) in [6.07, 6.45) is -11.3. The van der Waals surface area contributed by atoms with Crippen molar-refractivity contribution in [1.29, 1.82) is 0 Å². The fraction of sp³-hybridized carbons (Fsp3) is 0.552. The van der Waals surface area contributed by atoms with E-state index in [4.69, 9.17) is 5.11 Å². The molecule has 1 aliphatic carbocycles. The Hall–Kier alpha value is -3.96. The van der Waals surface area contributed by atoms with Gasteiger partial charge in [0.2, 0.25) is 0 Å². The summed E-state index contributed by atoms with van der Waals surface area (Å²) >= 11 is 0.